The van der Waals surface area contributed by atoms with E-state index in [1.807, 2.05) is 0 Å². The summed E-state index contributed by atoms with van der Waals surface area (Å²) in [5, 5.41) is 7.08. The summed E-state index contributed by atoms with van der Waals surface area (Å²) in [6.45, 7) is 11.0. The summed E-state index contributed by atoms with van der Waals surface area (Å²) in [5.74, 6) is 0.327. The molecule has 0 fully saturated rings. The summed E-state index contributed by atoms with van der Waals surface area (Å²) in [7, 11) is 1.73. The summed E-state index contributed by atoms with van der Waals surface area (Å²) in [6, 6.07) is 0. The zero-order valence-electron chi connectivity index (χ0n) is 12.2. The fourth-order valence-electron chi connectivity index (χ4n) is 1.54. The number of rotatable bonds is 4. The molecule has 0 saturated carbocycles. The molecule has 1 amide bonds. The summed E-state index contributed by atoms with van der Waals surface area (Å²) in [4.78, 5) is 12.1. The Hall–Kier alpha value is -1.52. The molecule has 1 rings (SSSR count). The molecule has 0 atom stereocenters. The lowest BCUT2D eigenvalue weighted by Gasteiger charge is -2.29. The van der Waals surface area contributed by atoms with Gasteiger partial charge in [0.2, 0.25) is 0 Å². The molecule has 5 heteroatoms. The van der Waals surface area contributed by atoms with Crippen LogP contribution in [0.5, 0.6) is 0 Å². The predicted octanol–water partition coefficient (Wildman–Crippen LogP) is 1.72. The lowest BCUT2D eigenvalue weighted by Crippen LogP contribution is -2.37. The first-order chi connectivity index (χ1) is 8.16. The van der Waals surface area contributed by atoms with Crippen LogP contribution in [0.15, 0.2) is 0 Å². The Balaban J connectivity index is 2.78. The molecular formula is C13H24N4O. The van der Waals surface area contributed by atoms with Crippen LogP contribution >= 0.6 is 0 Å². The normalized spacial score (nSPS) is 11.9. The number of carbonyl (C=O) groups excluding carboxylic acids is 1. The SMILES string of the molecule is Cc1nn(C)c(C(=O)NCC(C)(C)C(C)C)c1N. The van der Waals surface area contributed by atoms with Crippen LogP contribution in [0.25, 0.3) is 0 Å². The third kappa shape index (κ3) is 2.83. The fourth-order valence-corrected chi connectivity index (χ4v) is 1.54. The maximum atomic E-state index is 12.1. The van der Waals surface area contributed by atoms with Crippen LogP contribution in [0.2, 0.25) is 0 Å². The van der Waals surface area contributed by atoms with Gasteiger partial charge in [0.15, 0.2) is 0 Å². The van der Waals surface area contributed by atoms with Gasteiger partial charge >= 0.3 is 0 Å². The first kappa shape index (κ1) is 14.5. The van der Waals surface area contributed by atoms with E-state index in [0.717, 1.165) is 0 Å². The van der Waals surface area contributed by atoms with E-state index in [2.05, 4.69) is 38.1 Å². The number of nitrogen functional groups attached to an aromatic ring is 1. The van der Waals surface area contributed by atoms with Gasteiger partial charge in [-0.25, -0.2) is 0 Å². The molecule has 18 heavy (non-hydrogen) atoms. The van der Waals surface area contributed by atoms with Crippen molar-refractivity contribution in [2.75, 3.05) is 12.3 Å². The minimum absolute atomic E-state index is 0.0536. The summed E-state index contributed by atoms with van der Waals surface area (Å²) < 4.78 is 1.53. The highest BCUT2D eigenvalue weighted by atomic mass is 16.2. The highest BCUT2D eigenvalue weighted by Crippen LogP contribution is 2.25. The minimum Gasteiger partial charge on any atom is -0.395 e. The van der Waals surface area contributed by atoms with E-state index in [1.165, 1.54) is 4.68 Å². The number of anilines is 1. The van der Waals surface area contributed by atoms with Gasteiger partial charge in [0.25, 0.3) is 5.91 Å². The molecule has 5 nitrogen and oxygen atoms in total. The smallest absolute Gasteiger partial charge is 0.271 e. The Labute approximate surface area is 109 Å². The van der Waals surface area contributed by atoms with Gasteiger partial charge in [-0.1, -0.05) is 27.7 Å². The standard InChI is InChI=1S/C13H24N4O/c1-8(2)13(4,5)7-15-12(18)11-10(14)9(3)16-17(11)6/h8H,7,14H2,1-6H3,(H,15,18). The van der Waals surface area contributed by atoms with E-state index < -0.39 is 0 Å². The number of amides is 1. The lowest BCUT2D eigenvalue weighted by molar-refractivity contribution is 0.0916. The molecule has 0 aliphatic rings. The van der Waals surface area contributed by atoms with Crippen LogP contribution < -0.4 is 11.1 Å². The Morgan fingerprint density at radius 1 is 1.50 bits per heavy atom. The average molecular weight is 252 g/mol. The van der Waals surface area contributed by atoms with Crippen molar-refractivity contribution in [1.29, 1.82) is 0 Å². The van der Waals surface area contributed by atoms with Crippen molar-refractivity contribution in [3.63, 3.8) is 0 Å². The number of aryl methyl sites for hydroxylation is 2. The number of hydrogen-bond acceptors (Lipinski definition) is 3. The number of hydrogen-bond donors (Lipinski definition) is 2. The second-order valence-electron chi connectivity index (χ2n) is 5.80. The lowest BCUT2D eigenvalue weighted by atomic mass is 9.81. The first-order valence-corrected chi connectivity index (χ1v) is 6.24. The quantitative estimate of drug-likeness (QED) is 0.857. The molecule has 0 radical (unpaired) electrons. The highest BCUT2D eigenvalue weighted by molar-refractivity contribution is 5.97. The Bertz CT molecular complexity index is 446. The highest BCUT2D eigenvalue weighted by Gasteiger charge is 2.25. The van der Waals surface area contributed by atoms with Gasteiger partial charge in [-0.3, -0.25) is 9.48 Å². The van der Waals surface area contributed by atoms with E-state index in [0.29, 0.717) is 29.5 Å². The molecule has 1 heterocycles. The zero-order chi connectivity index (χ0) is 14.1. The van der Waals surface area contributed by atoms with Gasteiger partial charge in [-0.05, 0) is 18.3 Å². The molecule has 0 aliphatic heterocycles. The zero-order valence-corrected chi connectivity index (χ0v) is 12.2. The van der Waals surface area contributed by atoms with Crippen molar-refractivity contribution in [2.45, 2.75) is 34.6 Å². The van der Waals surface area contributed by atoms with Crippen LogP contribution in [-0.2, 0) is 7.05 Å². The van der Waals surface area contributed by atoms with E-state index in [9.17, 15) is 4.79 Å². The molecule has 0 spiro atoms. The molecule has 0 aliphatic carbocycles. The van der Waals surface area contributed by atoms with E-state index >= 15 is 0 Å². The van der Waals surface area contributed by atoms with Gasteiger partial charge in [-0.15, -0.1) is 0 Å². The second-order valence-corrected chi connectivity index (χ2v) is 5.80. The molecule has 3 N–H and O–H groups in total. The van der Waals surface area contributed by atoms with Gasteiger partial charge < -0.3 is 11.1 Å². The molecule has 102 valence electrons. The maximum Gasteiger partial charge on any atom is 0.271 e. The topological polar surface area (TPSA) is 72.9 Å². The van der Waals surface area contributed by atoms with E-state index in [1.54, 1.807) is 14.0 Å². The molecular weight excluding hydrogens is 228 g/mol. The molecule has 1 aromatic heterocycles. The van der Waals surface area contributed by atoms with E-state index in [4.69, 9.17) is 5.73 Å². The van der Waals surface area contributed by atoms with Gasteiger partial charge in [0, 0.05) is 13.6 Å². The van der Waals surface area contributed by atoms with Crippen molar-refractivity contribution < 1.29 is 4.79 Å². The van der Waals surface area contributed by atoms with Crippen LogP contribution in [0, 0.1) is 18.3 Å². The molecule has 0 unspecified atom stereocenters. The van der Waals surface area contributed by atoms with Gasteiger partial charge in [-0.2, -0.15) is 5.10 Å². The van der Waals surface area contributed by atoms with Crippen LogP contribution in [0.1, 0.15) is 43.9 Å². The summed E-state index contributed by atoms with van der Waals surface area (Å²) >= 11 is 0. The van der Waals surface area contributed by atoms with Crippen molar-refractivity contribution >= 4 is 11.6 Å². The molecule has 0 aromatic carbocycles. The van der Waals surface area contributed by atoms with Crippen molar-refractivity contribution in [2.24, 2.45) is 18.4 Å². The van der Waals surface area contributed by atoms with Crippen LogP contribution in [-0.4, -0.2) is 22.2 Å². The molecule has 1 aromatic rings. The van der Waals surface area contributed by atoms with Gasteiger partial charge in [0.05, 0.1) is 11.4 Å². The van der Waals surface area contributed by atoms with E-state index in [-0.39, 0.29) is 11.3 Å². The first-order valence-electron chi connectivity index (χ1n) is 6.24. The maximum absolute atomic E-state index is 12.1. The largest absolute Gasteiger partial charge is 0.395 e. The van der Waals surface area contributed by atoms with Gasteiger partial charge in [0.1, 0.15) is 5.69 Å². The molecule has 0 bridgehead atoms. The predicted molar refractivity (Wildman–Crippen MR) is 73.3 cm³/mol. The van der Waals surface area contributed by atoms with Crippen molar-refractivity contribution in [3.8, 4) is 0 Å². The minimum atomic E-state index is -0.163. The third-order valence-electron chi connectivity index (χ3n) is 3.75. The number of nitrogens with one attached hydrogen (secondary N) is 1. The molecule has 0 saturated heterocycles. The Kier molecular flexibility index (Phi) is 4.04. The monoisotopic (exact) mass is 252 g/mol. The number of nitrogens with zero attached hydrogens (tertiary/aromatic N) is 2. The fraction of sp³-hybridized carbons (Fsp3) is 0.692. The number of aromatic nitrogens is 2. The summed E-state index contributed by atoms with van der Waals surface area (Å²) in [6.07, 6.45) is 0. The summed E-state index contributed by atoms with van der Waals surface area (Å²) in [5.41, 5.74) is 7.49. The van der Waals surface area contributed by atoms with Crippen LogP contribution in [0.4, 0.5) is 5.69 Å². The number of carbonyl (C=O) groups is 1. The van der Waals surface area contributed by atoms with Crippen LogP contribution in [0.3, 0.4) is 0 Å². The second kappa shape index (κ2) is 5.00. The third-order valence-corrected chi connectivity index (χ3v) is 3.75. The Morgan fingerprint density at radius 2 is 2.06 bits per heavy atom. The average Bonchev–Trinajstić information content (AvgIpc) is 2.50. The van der Waals surface area contributed by atoms with Crippen molar-refractivity contribution in [3.05, 3.63) is 11.4 Å². The number of nitrogens with two attached hydrogens (primary N) is 1. The van der Waals surface area contributed by atoms with Crippen molar-refractivity contribution in [1.82, 2.24) is 15.1 Å². The Morgan fingerprint density at radius 3 is 2.44 bits per heavy atom.